The van der Waals surface area contributed by atoms with Crippen LogP contribution in [-0.2, 0) is 9.84 Å². The van der Waals surface area contributed by atoms with E-state index in [9.17, 15) is 23.3 Å². The number of hydrogen-bond acceptors (Lipinski definition) is 6. The van der Waals surface area contributed by atoms with Crippen LogP contribution in [0.3, 0.4) is 0 Å². The van der Waals surface area contributed by atoms with Crippen LogP contribution in [0.1, 0.15) is 17.3 Å². The van der Waals surface area contributed by atoms with Crippen molar-refractivity contribution in [1.82, 2.24) is 5.32 Å². The fraction of sp³-hybridized carbons (Fsp3) is 0.364. The van der Waals surface area contributed by atoms with E-state index in [1.807, 2.05) is 0 Å². The number of benzene rings is 1. The third-order valence-corrected chi connectivity index (χ3v) is 3.53. The Morgan fingerprint density at radius 1 is 1.50 bits per heavy atom. The van der Waals surface area contributed by atoms with Gasteiger partial charge in [0.25, 0.3) is 11.6 Å². The van der Waals surface area contributed by atoms with E-state index in [4.69, 9.17) is 5.73 Å². The van der Waals surface area contributed by atoms with Gasteiger partial charge >= 0.3 is 0 Å². The van der Waals surface area contributed by atoms with Gasteiger partial charge in [-0.05, 0) is 13.0 Å². The second kappa shape index (κ2) is 5.87. The van der Waals surface area contributed by atoms with Gasteiger partial charge in [-0.2, -0.15) is 0 Å². The summed E-state index contributed by atoms with van der Waals surface area (Å²) in [5.74, 6) is -0.879. The van der Waals surface area contributed by atoms with E-state index >= 15 is 0 Å². The zero-order valence-corrected chi connectivity index (χ0v) is 11.8. The SMILES string of the molecule is CC(CS(C)(=O)=O)NC(=O)c1cc([N+](=O)[O-])ccc1N. The molecule has 0 saturated carbocycles. The predicted octanol–water partition coefficient (Wildman–Crippen LogP) is 0.340. The van der Waals surface area contributed by atoms with E-state index in [1.54, 1.807) is 0 Å². The molecule has 0 bridgehead atoms. The topological polar surface area (TPSA) is 132 Å². The average Bonchev–Trinajstić information content (AvgIpc) is 2.26. The van der Waals surface area contributed by atoms with Crippen molar-refractivity contribution in [3.8, 4) is 0 Å². The Labute approximate surface area is 116 Å². The van der Waals surface area contributed by atoms with Gasteiger partial charge < -0.3 is 11.1 Å². The van der Waals surface area contributed by atoms with Crippen LogP contribution in [0.25, 0.3) is 0 Å². The number of carbonyl (C=O) groups excluding carboxylic acids is 1. The monoisotopic (exact) mass is 301 g/mol. The number of nitro benzene ring substituents is 1. The molecule has 0 aliphatic rings. The molecule has 1 amide bonds. The van der Waals surface area contributed by atoms with Gasteiger partial charge in [-0.15, -0.1) is 0 Å². The normalized spacial score (nSPS) is 12.7. The van der Waals surface area contributed by atoms with Crippen LogP contribution in [0.5, 0.6) is 0 Å². The number of sulfone groups is 1. The second-order valence-corrected chi connectivity index (χ2v) is 6.68. The molecule has 20 heavy (non-hydrogen) atoms. The quantitative estimate of drug-likeness (QED) is 0.458. The maximum atomic E-state index is 11.9. The highest BCUT2D eigenvalue weighted by Gasteiger charge is 2.18. The summed E-state index contributed by atoms with van der Waals surface area (Å²) in [6, 6.07) is 2.87. The van der Waals surface area contributed by atoms with E-state index in [1.165, 1.54) is 19.1 Å². The molecule has 0 spiro atoms. The number of carbonyl (C=O) groups is 1. The highest BCUT2D eigenvalue weighted by Crippen LogP contribution is 2.19. The molecule has 0 aliphatic heterocycles. The lowest BCUT2D eigenvalue weighted by Gasteiger charge is -2.13. The molecule has 1 unspecified atom stereocenters. The first-order valence-corrected chi connectivity index (χ1v) is 7.68. The number of nitro groups is 1. The first-order chi connectivity index (χ1) is 9.10. The van der Waals surface area contributed by atoms with E-state index in [2.05, 4.69) is 5.32 Å². The smallest absolute Gasteiger partial charge is 0.270 e. The lowest BCUT2D eigenvalue weighted by Crippen LogP contribution is -2.37. The standard InChI is InChI=1S/C11H15N3O5S/c1-7(6-20(2,18)19)13-11(15)9-5-8(14(16)17)3-4-10(9)12/h3-5,7H,6,12H2,1-2H3,(H,13,15). The van der Waals surface area contributed by atoms with Gasteiger partial charge in [0.05, 0.1) is 16.2 Å². The molecule has 1 aromatic carbocycles. The number of nitrogen functional groups attached to an aromatic ring is 1. The van der Waals surface area contributed by atoms with E-state index in [0.717, 1.165) is 12.3 Å². The molecule has 1 atom stereocenters. The van der Waals surface area contributed by atoms with Crippen molar-refractivity contribution >= 4 is 27.1 Å². The van der Waals surface area contributed by atoms with Crippen molar-refractivity contribution in [2.75, 3.05) is 17.7 Å². The number of non-ortho nitro benzene ring substituents is 1. The molecule has 3 N–H and O–H groups in total. The Bertz CT molecular complexity index is 641. The minimum absolute atomic E-state index is 0.0560. The highest BCUT2D eigenvalue weighted by molar-refractivity contribution is 7.90. The largest absolute Gasteiger partial charge is 0.398 e. The first-order valence-electron chi connectivity index (χ1n) is 5.62. The Balaban J connectivity index is 2.92. The van der Waals surface area contributed by atoms with E-state index < -0.39 is 26.7 Å². The lowest BCUT2D eigenvalue weighted by atomic mass is 10.1. The summed E-state index contributed by atoms with van der Waals surface area (Å²) in [4.78, 5) is 21.9. The van der Waals surface area contributed by atoms with Crippen LogP contribution in [0, 0.1) is 10.1 Å². The third-order valence-electron chi connectivity index (χ3n) is 2.42. The zero-order valence-electron chi connectivity index (χ0n) is 11.0. The summed E-state index contributed by atoms with van der Waals surface area (Å²) in [5, 5.41) is 13.1. The number of nitrogens with zero attached hydrogens (tertiary/aromatic N) is 1. The molecule has 0 aromatic heterocycles. The van der Waals surface area contributed by atoms with E-state index in [0.29, 0.717) is 0 Å². The lowest BCUT2D eigenvalue weighted by molar-refractivity contribution is -0.384. The van der Waals surface area contributed by atoms with Gasteiger partial charge in [-0.1, -0.05) is 0 Å². The van der Waals surface area contributed by atoms with Crippen LogP contribution < -0.4 is 11.1 Å². The first kappa shape index (κ1) is 15.9. The zero-order chi connectivity index (χ0) is 15.5. The van der Waals surface area contributed by atoms with Crippen molar-refractivity contribution < 1.29 is 18.1 Å². The number of amides is 1. The second-order valence-electron chi connectivity index (χ2n) is 4.50. The van der Waals surface area contributed by atoms with Crippen LogP contribution in [0.4, 0.5) is 11.4 Å². The molecular formula is C11H15N3O5S. The molecule has 0 radical (unpaired) electrons. The van der Waals surface area contributed by atoms with Crippen molar-refractivity contribution in [2.24, 2.45) is 0 Å². The average molecular weight is 301 g/mol. The Morgan fingerprint density at radius 2 is 2.10 bits per heavy atom. The number of nitrogens with one attached hydrogen (secondary N) is 1. The van der Waals surface area contributed by atoms with Crippen molar-refractivity contribution in [3.63, 3.8) is 0 Å². The minimum atomic E-state index is -3.24. The van der Waals surface area contributed by atoms with Gasteiger partial charge in [0.15, 0.2) is 0 Å². The summed E-state index contributed by atoms with van der Waals surface area (Å²) in [6.45, 7) is 1.52. The van der Waals surface area contributed by atoms with Gasteiger partial charge in [0.2, 0.25) is 0 Å². The Morgan fingerprint density at radius 3 is 2.60 bits per heavy atom. The molecular weight excluding hydrogens is 286 g/mol. The van der Waals surface area contributed by atoms with Crippen molar-refractivity contribution in [1.29, 1.82) is 0 Å². The molecule has 1 aromatic rings. The summed E-state index contributed by atoms with van der Waals surface area (Å²) >= 11 is 0. The number of anilines is 1. The molecule has 0 heterocycles. The van der Waals surface area contributed by atoms with Crippen LogP contribution in [0.2, 0.25) is 0 Å². The number of rotatable bonds is 5. The molecule has 0 aliphatic carbocycles. The third kappa shape index (κ3) is 4.50. The summed E-state index contributed by atoms with van der Waals surface area (Å²) in [6.07, 6.45) is 1.05. The van der Waals surface area contributed by atoms with Crippen LogP contribution in [0.15, 0.2) is 18.2 Å². The fourth-order valence-corrected chi connectivity index (χ4v) is 2.64. The molecule has 0 saturated heterocycles. The van der Waals surface area contributed by atoms with Gasteiger partial charge in [0.1, 0.15) is 9.84 Å². The maximum absolute atomic E-state index is 11.9. The summed E-state index contributed by atoms with van der Waals surface area (Å²) in [5.41, 5.74) is 5.36. The summed E-state index contributed by atoms with van der Waals surface area (Å²) < 4.78 is 22.2. The van der Waals surface area contributed by atoms with Gasteiger partial charge in [0, 0.05) is 30.1 Å². The Hall–Kier alpha value is -2.16. The maximum Gasteiger partial charge on any atom is 0.270 e. The fourth-order valence-electron chi connectivity index (χ4n) is 1.65. The van der Waals surface area contributed by atoms with Gasteiger partial charge in [-0.3, -0.25) is 14.9 Å². The molecule has 9 heteroatoms. The molecule has 8 nitrogen and oxygen atoms in total. The minimum Gasteiger partial charge on any atom is -0.398 e. The van der Waals surface area contributed by atoms with Gasteiger partial charge in [-0.25, -0.2) is 8.42 Å². The van der Waals surface area contributed by atoms with Crippen molar-refractivity contribution in [2.45, 2.75) is 13.0 Å². The number of hydrogen-bond donors (Lipinski definition) is 2. The van der Waals surface area contributed by atoms with Crippen LogP contribution >= 0.6 is 0 Å². The highest BCUT2D eigenvalue weighted by atomic mass is 32.2. The van der Waals surface area contributed by atoms with Crippen molar-refractivity contribution in [3.05, 3.63) is 33.9 Å². The molecule has 1 rings (SSSR count). The summed E-state index contributed by atoms with van der Waals surface area (Å²) in [7, 11) is -3.24. The van der Waals surface area contributed by atoms with Crippen LogP contribution in [-0.4, -0.2) is 37.3 Å². The molecule has 110 valence electrons. The Kier molecular flexibility index (Phi) is 4.66. The van der Waals surface area contributed by atoms with E-state index in [-0.39, 0.29) is 22.7 Å². The predicted molar refractivity (Wildman–Crippen MR) is 74.1 cm³/mol. The molecule has 0 fully saturated rings. The number of nitrogens with two attached hydrogens (primary N) is 1.